The van der Waals surface area contributed by atoms with Crippen molar-refractivity contribution in [1.82, 2.24) is 4.90 Å². The Balaban J connectivity index is 2.52. The first-order chi connectivity index (χ1) is 7.49. The van der Waals surface area contributed by atoms with Gasteiger partial charge in [-0.15, -0.1) is 0 Å². The lowest BCUT2D eigenvalue weighted by atomic mass is 10.1. The Bertz CT molecular complexity index is 376. The van der Waals surface area contributed by atoms with E-state index in [4.69, 9.17) is 0 Å². The fourth-order valence-corrected chi connectivity index (χ4v) is 1.54. The fourth-order valence-electron chi connectivity index (χ4n) is 1.54. The summed E-state index contributed by atoms with van der Waals surface area (Å²) in [6.45, 7) is 4.84. The summed E-state index contributed by atoms with van der Waals surface area (Å²) in [4.78, 5) is 12.9. The van der Waals surface area contributed by atoms with Crippen LogP contribution < -0.4 is 0 Å². The highest BCUT2D eigenvalue weighted by molar-refractivity contribution is 5.75. The molecule has 0 amide bonds. The summed E-state index contributed by atoms with van der Waals surface area (Å²) in [5, 5.41) is 0. The number of carbonyl (C=O) groups excluding carboxylic acids is 1. The predicted octanol–water partition coefficient (Wildman–Crippen LogP) is 2.55. The van der Waals surface area contributed by atoms with E-state index in [-0.39, 0.29) is 11.6 Å². The Morgan fingerprint density at radius 2 is 2.12 bits per heavy atom. The molecule has 0 unspecified atom stereocenters. The molecule has 0 N–H and O–H groups in total. The van der Waals surface area contributed by atoms with Crippen LogP contribution in [0.1, 0.15) is 24.5 Å². The van der Waals surface area contributed by atoms with E-state index in [0.29, 0.717) is 12.0 Å². The summed E-state index contributed by atoms with van der Waals surface area (Å²) in [5.74, 6) is 0.0253. The van der Waals surface area contributed by atoms with Crippen LogP contribution in [-0.2, 0) is 11.3 Å². The largest absolute Gasteiger partial charge is 0.302 e. The molecule has 0 heterocycles. The van der Waals surface area contributed by atoms with E-state index in [1.165, 1.54) is 6.07 Å². The molecule has 2 nitrogen and oxygen atoms in total. The van der Waals surface area contributed by atoms with Crippen molar-refractivity contribution < 1.29 is 9.18 Å². The second-order valence-electron chi connectivity index (χ2n) is 4.27. The molecule has 0 bridgehead atoms. The highest BCUT2D eigenvalue weighted by Gasteiger charge is 2.04. The van der Waals surface area contributed by atoms with Gasteiger partial charge in [0.15, 0.2) is 0 Å². The Morgan fingerprint density at radius 1 is 1.44 bits per heavy atom. The monoisotopic (exact) mass is 223 g/mol. The third-order valence-electron chi connectivity index (χ3n) is 2.52. The highest BCUT2D eigenvalue weighted by Crippen LogP contribution is 2.10. The number of hydrogen-bond donors (Lipinski definition) is 0. The third kappa shape index (κ3) is 4.11. The van der Waals surface area contributed by atoms with Crippen LogP contribution in [0.5, 0.6) is 0 Å². The lowest BCUT2D eigenvalue weighted by Crippen LogP contribution is -2.20. The van der Waals surface area contributed by atoms with Gasteiger partial charge in [-0.25, -0.2) is 4.39 Å². The van der Waals surface area contributed by atoms with Gasteiger partial charge < -0.3 is 4.90 Å². The minimum absolute atomic E-state index is 0.171. The zero-order valence-electron chi connectivity index (χ0n) is 10.1. The minimum atomic E-state index is -0.171. The van der Waals surface area contributed by atoms with Crippen molar-refractivity contribution in [3.05, 3.63) is 35.1 Å². The number of benzene rings is 1. The van der Waals surface area contributed by atoms with Crippen LogP contribution in [0.4, 0.5) is 4.39 Å². The van der Waals surface area contributed by atoms with E-state index in [2.05, 4.69) is 4.90 Å². The van der Waals surface area contributed by atoms with Crippen molar-refractivity contribution in [3.8, 4) is 0 Å². The average Bonchev–Trinajstić information content (AvgIpc) is 2.21. The van der Waals surface area contributed by atoms with Gasteiger partial charge in [-0.2, -0.15) is 0 Å². The molecule has 0 spiro atoms. The van der Waals surface area contributed by atoms with Gasteiger partial charge in [-0.1, -0.05) is 12.1 Å². The molecule has 1 aromatic rings. The van der Waals surface area contributed by atoms with Crippen LogP contribution in [0.3, 0.4) is 0 Å². The zero-order valence-corrected chi connectivity index (χ0v) is 10.1. The molecule has 0 aliphatic rings. The topological polar surface area (TPSA) is 20.3 Å². The first-order valence-corrected chi connectivity index (χ1v) is 5.42. The molecule has 88 valence electrons. The quantitative estimate of drug-likeness (QED) is 0.764. The van der Waals surface area contributed by atoms with Crippen LogP contribution in [0.15, 0.2) is 18.2 Å². The van der Waals surface area contributed by atoms with Gasteiger partial charge in [0.05, 0.1) is 0 Å². The van der Waals surface area contributed by atoms with Crippen molar-refractivity contribution in [3.63, 3.8) is 0 Å². The number of carbonyl (C=O) groups is 1. The summed E-state index contributed by atoms with van der Waals surface area (Å²) in [7, 11) is 1.96. The molecular formula is C13H18FNO. The first-order valence-electron chi connectivity index (χ1n) is 5.42. The molecule has 0 aliphatic heterocycles. The molecule has 1 rings (SSSR count). The van der Waals surface area contributed by atoms with Crippen LogP contribution in [0.2, 0.25) is 0 Å². The normalized spacial score (nSPS) is 10.8. The Kier molecular flexibility index (Phi) is 4.62. The van der Waals surface area contributed by atoms with Crippen LogP contribution in [-0.4, -0.2) is 24.3 Å². The summed E-state index contributed by atoms with van der Waals surface area (Å²) < 4.78 is 13.0. The fraction of sp³-hybridized carbons (Fsp3) is 0.462. The number of Topliss-reactive ketones (excluding diaryl/α,β-unsaturated/α-hetero) is 1. The van der Waals surface area contributed by atoms with E-state index in [0.717, 1.165) is 18.7 Å². The summed E-state index contributed by atoms with van der Waals surface area (Å²) in [6, 6.07) is 5.12. The maximum absolute atomic E-state index is 13.0. The van der Waals surface area contributed by atoms with Gasteiger partial charge in [-0.05, 0) is 38.1 Å². The van der Waals surface area contributed by atoms with Gasteiger partial charge in [-0.3, -0.25) is 4.79 Å². The molecule has 16 heavy (non-hydrogen) atoms. The van der Waals surface area contributed by atoms with E-state index in [1.54, 1.807) is 19.9 Å². The van der Waals surface area contributed by atoms with Crippen molar-refractivity contribution in [2.45, 2.75) is 26.8 Å². The van der Waals surface area contributed by atoms with E-state index < -0.39 is 0 Å². The lowest BCUT2D eigenvalue weighted by Gasteiger charge is -2.16. The maximum Gasteiger partial charge on any atom is 0.131 e. The average molecular weight is 223 g/mol. The molecular weight excluding hydrogens is 205 g/mol. The van der Waals surface area contributed by atoms with Crippen molar-refractivity contribution >= 4 is 5.78 Å². The van der Waals surface area contributed by atoms with E-state index >= 15 is 0 Å². The van der Waals surface area contributed by atoms with Gasteiger partial charge in [0.1, 0.15) is 11.6 Å². The smallest absolute Gasteiger partial charge is 0.131 e. The molecule has 3 heteroatoms. The molecule has 0 atom stereocenters. The molecule has 0 aromatic heterocycles. The number of aryl methyl sites for hydroxylation is 1. The predicted molar refractivity (Wildman–Crippen MR) is 62.8 cm³/mol. The number of rotatable bonds is 5. The Morgan fingerprint density at radius 3 is 2.69 bits per heavy atom. The molecule has 0 saturated heterocycles. The standard InChI is InChI=1S/C13H18FNO/c1-10-8-12(4-5-13(10)14)9-15(3)7-6-11(2)16/h4-5,8H,6-7,9H2,1-3H3. The minimum Gasteiger partial charge on any atom is -0.302 e. The molecule has 0 aliphatic carbocycles. The molecule has 0 radical (unpaired) electrons. The van der Waals surface area contributed by atoms with Gasteiger partial charge in [0.2, 0.25) is 0 Å². The number of halogens is 1. The first kappa shape index (κ1) is 12.8. The number of hydrogen-bond acceptors (Lipinski definition) is 2. The molecule has 0 saturated carbocycles. The summed E-state index contributed by atoms with van der Waals surface area (Å²) in [5.41, 5.74) is 1.74. The highest BCUT2D eigenvalue weighted by atomic mass is 19.1. The SMILES string of the molecule is CC(=O)CCN(C)Cc1ccc(F)c(C)c1. The second-order valence-corrected chi connectivity index (χ2v) is 4.27. The van der Waals surface area contributed by atoms with Gasteiger partial charge in [0, 0.05) is 19.5 Å². The number of nitrogens with zero attached hydrogens (tertiary/aromatic N) is 1. The van der Waals surface area contributed by atoms with Gasteiger partial charge in [0.25, 0.3) is 0 Å². The third-order valence-corrected chi connectivity index (χ3v) is 2.52. The Labute approximate surface area is 96.1 Å². The Hall–Kier alpha value is -1.22. The summed E-state index contributed by atoms with van der Waals surface area (Å²) in [6.07, 6.45) is 0.566. The zero-order chi connectivity index (χ0) is 12.1. The van der Waals surface area contributed by atoms with Crippen LogP contribution >= 0.6 is 0 Å². The van der Waals surface area contributed by atoms with Crippen molar-refractivity contribution in [2.24, 2.45) is 0 Å². The van der Waals surface area contributed by atoms with Crippen molar-refractivity contribution in [2.75, 3.05) is 13.6 Å². The molecule has 0 fully saturated rings. The van der Waals surface area contributed by atoms with E-state index in [1.807, 2.05) is 13.1 Å². The van der Waals surface area contributed by atoms with Crippen molar-refractivity contribution in [1.29, 1.82) is 0 Å². The number of ketones is 1. The maximum atomic E-state index is 13.0. The van der Waals surface area contributed by atoms with E-state index in [9.17, 15) is 9.18 Å². The van der Waals surface area contributed by atoms with Gasteiger partial charge >= 0.3 is 0 Å². The summed E-state index contributed by atoms with van der Waals surface area (Å²) >= 11 is 0. The lowest BCUT2D eigenvalue weighted by molar-refractivity contribution is -0.117. The van der Waals surface area contributed by atoms with Crippen LogP contribution in [0, 0.1) is 12.7 Å². The second kappa shape index (κ2) is 5.75. The van der Waals surface area contributed by atoms with Crippen LogP contribution in [0.25, 0.3) is 0 Å². The molecule has 1 aromatic carbocycles.